The first-order chi connectivity index (χ1) is 18.0. The molecular formula is C29H25ClN4O3. The fraction of sp³-hybridized carbons (Fsp3) is 0.207. The Morgan fingerprint density at radius 2 is 1.76 bits per heavy atom. The van der Waals surface area contributed by atoms with Gasteiger partial charge in [-0.1, -0.05) is 54.6 Å². The SMILES string of the molecule is COc1ccccc1C1CC(c2ccccc2N2C(=O)C(Cl)C2c2c[nH]c3ccccc23)=NN1C(C)=O. The Hall–Kier alpha value is -4.10. The summed E-state index contributed by atoms with van der Waals surface area (Å²) in [6.07, 6.45) is 2.41. The van der Waals surface area contributed by atoms with E-state index in [1.54, 1.807) is 12.0 Å². The number of carbonyl (C=O) groups excluding carboxylic acids is 2. The summed E-state index contributed by atoms with van der Waals surface area (Å²) < 4.78 is 5.57. The summed E-state index contributed by atoms with van der Waals surface area (Å²) in [5, 5.41) is 6.60. The van der Waals surface area contributed by atoms with E-state index in [1.165, 1.54) is 11.9 Å². The number of rotatable bonds is 5. The van der Waals surface area contributed by atoms with Crippen molar-refractivity contribution in [1.82, 2.24) is 9.99 Å². The second-order valence-corrected chi connectivity index (χ2v) is 9.70. The monoisotopic (exact) mass is 512 g/mol. The largest absolute Gasteiger partial charge is 0.496 e. The van der Waals surface area contributed by atoms with E-state index in [2.05, 4.69) is 4.98 Å². The predicted octanol–water partition coefficient (Wildman–Crippen LogP) is 5.57. The standard InChI is InChI=1S/C29H25ClN4O3/c1-17(35)34-25(20-11-5-8-14-26(20)37-2)15-23(32-34)19-10-4-7-13-24(19)33-28(27(30)29(33)36)21-16-31-22-12-6-3-9-18(21)22/h3-14,16,25,27-28,31H,15H2,1-2H3. The van der Waals surface area contributed by atoms with Crippen LogP contribution in [0.5, 0.6) is 5.75 Å². The molecule has 1 N–H and O–H groups in total. The number of aromatic amines is 1. The highest BCUT2D eigenvalue weighted by molar-refractivity contribution is 6.38. The van der Waals surface area contributed by atoms with E-state index < -0.39 is 5.38 Å². The van der Waals surface area contributed by atoms with Gasteiger partial charge in [0.25, 0.3) is 0 Å². The summed E-state index contributed by atoms with van der Waals surface area (Å²) in [7, 11) is 1.62. The van der Waals surface area contributed by atoms with Crippen LogP contribution in [0.2, 0.25) is 0 Å². The van der Waals surface area contributed by atoms with Crippen LogP contribution >= 0.6 is 11.6 Å². The average molecular weight is 513 g/mol. The molecule has 3 heterocycles. The zero-order valence-electron chi connectivity index (χ0n) is 20.4. The molecule has 37 heavy (non-hydrogen) atoms. The molecule has 8 heteroatoms. The molecular weight excluding hydrogens is 488 g/mol. The minimum atomic E-state index is -0.673. The highest BCUT2D eigenvalue weighted by atomic mass is 35.5. The van der Waals surface area contributed by atoms with E-state index in [4.69, 9.17) is 21.4 Å². The lowest BCUT2D eigenvalue weighted by atomic mass is 9.89. The van der Waals surface area contributed by atoms with Crippen molar-refractivity contribution in [1.29, 1.82) is 0 Å². The first kappa shape index (κ1) is 23.3. The smallest absolute Gasteiger partial charge is 0.248 e. The highest BCUT2D eigenvalue weighted by Gasteiger charge is 2.50. The van der Waals surface area contributed by atoms with Crippen molar-refractivity contribution >= 4 is 45.7 Å². The molecule has 1 aromatic heterocycles. The summed E-state index contributed by atoms with van der Waals surface area (Å²) in [6.45, 7) is 1.50. The van der Waals surface area contributed by atoms with Gasteiger partial charge < -0.3 is 14.6 Å². The molecule has 3 aromatic carbocycles. The van der Waals surface area contributed by atoms with Crippen molar-refractivity contribution in [2.75, 3.05) is 12.0 Å². The molecule has 4 aromatic rings. The van der Waals surface area contributed by atoms with Gasteiger partial charge >= 0.3 is 0 Å². The number of para-hydroxylation sites is 3. The molecule has 2 aliphatic heterocycles. The third-order valence-corrected chi connectivity index (χ3v) is 7.60. The Labute approximate surface area is 219 Å². The molecule has 0 bridgehead atoms. The number of nitrogens with one attached hydrogen (secondary N) is 1. The molecule has 3 atom stereocenters. The van der Waals surface area contributed by atoms with Gasteiger partial charge in [-0.3, -0.25) is 9.59 Å². The lowest BCUT2D eigenvalue weighted by Crippen LogP contribution is -2.56. The van der Waals surface area contributed by atoms with Crippen molar-refractivity contribution in [3.8, 4) is 5.75 Å². The number of hydrazone groups is 1. The maximum Gasteiger partial charge on any atom is 0.248 e. The number of hydrogen-bond donors (Lipinski definition) is 1. The van der Waals surface area contributed by atoms with Crippen LogP contribution in [0.4, 0.5) is 5.69 Å². The van der Waals surface area contributed by atoms with E-state index in [0.29, 0.717) is 12.2 Å². The Bertz CT molecular complexity index is 1560. The summed E-state index contributed by atoms with van der Waals surface area (Å²) in [6, 6.07) is 22.7. The Kier molecular flexibility index (Phi) is 5.72. The molecule has 7 nitrogen and oxygen atoms in total. The van der Waals surface area contributed by atoms with Gasteiger partial charge in [0.15, 0.2) is 0 Å². The normalized spacial score (nSPS) is 21.2. The van der Waals surface area contributed by atoms with Crippen molar-refractivity contribution in [2.24, 2.45) is 5.10 Å². The van der Waals surface area contributed by atoms with Crippen LogP contribution in [-0.2, 0) is 9.59 Å². The van der Waals surface area contributed by atoms with Gasteiger partial charge in [-0.25, -0.2) is 5.01 Å². The number of halogens is 1. The Morgan fingerprint density at radius 1 is 1.03 bits per heavy atom. The number of ether oxygens (including phenoxy) is 1. The van der Waals surface area contributed by atoms with Crippen LogP contribution in [0.3, 0.4) is 0 Å². The lowest BCUT2D eigenvalue weighted by Gasteiger charge is -2.45. The molecule has 0 saturated carbocycles. The molecule has 186 valence electrons. The minimum Gasteiger partial charge on any atom is -0.496 e. The predicted molar refractivity (Wildman–Crippen MR) is 144 cm³/mol. The molecule has 3 unspecified atom stereocenters. The van der Waals surface area contributed by atoms with Crippen molar-refractivity contribution in [3.63, 3.8) is 0 Å². The topological polar surface area (TPSA) is 78.0 Å². The maximum atomic E-state index is 13.2. The minimum absolute atomic E-state index is 0.160. The summed E-state index contributed by atoms with van der Waals surface area (Å²) in [4.78, 5) is 30.8. The number of alkyl halides is 1. The number of β-lactam (4-membered cyclic amide) rings is 1. The summed E-state index contributed by atoms with van der Waals surface area (Å²) in [5.74, 6) is 0.374. The van der Waals surface area contributed by atoms with Gasteiger partial charge in [-0.05, 0) is 18.2 Å². The number of anilines is 1. The molecule has 1 fully saturated rings. The second-order valence-electron chi connectivity index (χ2n) is 9.23. The van der Waals surface area contributed by atoms with Gasteiger partial charge in [-0.15, -0.1) is 11.6 Å². The van der Waals surface area contributed by atoms with Crippen LogP contribution in [0.15, 0.2) is 84.1 Å². The second kappa shape index (κ2) is 9.09. The van der Waals surface area contributed by atoms with Crippen molar-refractivity contribution in [2.45, 2.75) is 30.8 Å². The lowest BCUT2D eigenvalue weighted by molar-refractivity contribution is -0.130. The first-order valence-corrected chi connectivity index (χ1v) is 12.6. The number of H-pyrrole nitrogens is 1. The van der Waals surface area contributed by atoms with E-state index in [1.807, 2.05) is 79.0 Å². The molecule has 2 amide bonds. The number of carbonyl (C=O) groups is 2. The number of methoxy groups -OCH3 is 1. The van der Waals surface area contributed by atoms with Gasteiger partial charge in [0, 0.05) is 47.1 Å². The van der Waals surface area contributed by atoms with Crippen LogP contribution in [0, 0.1) is 0 Å². The molecule has 0 aliphatic carbocycles. The van der Waals surface area contributed by atoms with Crippen LogP contribution < -0.4 is 9.64 Å². The molecule has 0 spiro atoms. The van der Waals surface area contributed by atoms with Crippen molar-refractivity contribution < 1.29 is 14.3 Å². The van der Waals surface area contributed by atoms with Crippen LogP contribution in [0.25, 0.3) is 10.9 Å². The van der Waals surface area contributed by atoms with Crippen molar-refractivity contribution in [3.05, 3.63) is 95.7 Å². The number of nitrogens with zero attached hydrogens (tertiary/aromatic N) is 3. The fourth-order valence-corrected chi connectivity index (χ4v) is 5.79. The maximum absolute atomic E-state index is 13.2. The van der Waals surface area contributed by atoms with Gasteiger partial charge in [-0.2, -0.15) is 5.10 Å². The molecule has 2 aliphatic rings. The van der Waals surface area contributed by atoms with E-state index in [9.17, 15) is 9.59 Å². The first-order valence-electron chi connectivity index (χ1n) is 12.1. The molecule has 6 rings (SSSR count). The molecule has 1 saturated heterocycles. The Morgan fingerprint density at radius 3 is 2.57 bits per heavy atom. The highest BCUT2D eigenvalue weighted by Crippen LogP contribution is 2.46. The quantitative estimate of drug-likeness (QED) is 0.280. The van der Waals surface area contributed by atoms with E-state index in [0.717, 1.165) is 39.0 Å². The Balaban J connectivity index is 1.41. The average Bonchev–Trinajstić information content (AvgIpc) is 3.56. The third-order valence-electron chi connectivity index (χ3n) is 7.17. The number of hydrogen-bond acceptors (Lipinski definition) is 4. The summed E-state index contributed by atoms with van der Waals surface area (Å²) in [5.41, 5.74) is 5.09. The fourth-order valence-electron chi connectivity index (χ4n) is 5.43. The number of amides is 2. The summed E-state index contributed by atoms with van der Waals surface area (Å²) >= 11 is 6.61. The van der Waals surface area contributed by atoms with E-state index >= 15 is 0 Å². The molecule has 0 radical (unpaired) electrons. The van der Waals surface area contributed by atoms with Crippen LogP contribution in [-0.4, -0.2) is 40.0 Å². The number of aromatic nitrogens is 1. The van der Waals surface area contributed by atoms with E-state index in [-0.39, 0.29) is 23.9 Å². The van der Waals surface area contributed by atoms with Gasteiger partial charge in [0.1, 0.15) is 11.1 Å². The zero-order chi connectivity index (χ0) is 25.7. The van der Waals surface area contributed by atoms with Gasteiger partial charge in [0.05, 0.1) is 30.6 Å². The van der Waals surface area contributed by atoms with Crippen LogP contribution in [0.1, 0.15) is 42.1 Å². The van der Waals surface area contributed by atoms with Gasteiger partial charge in [0.2, 0.25) is 11.8 Å². The zero-order valence-corrected chi connectivity index (χ0v) is 21.1. The number of benzene rings is 3. The third kappa shape index (κ3) is 3.69. The number of fused-ring (bicyclic) bond motifs is 1.